The predicted molar refractivity (Wildman–Crippen MR) is 72.8 cm³/mol. The van der Waals surface area contributed by atoms with Gasteiger partial charge < -0.3 is 9.84 Å². The fourth-order valence-electron chi connectivity index (χ4n) is 2.86. The van der Waals surface area contributed by atoms with Crippen molar-refractivity contribution in [2.24, 2.45) is 0 Å². The molecule has 0 spiro atoms. The zero-order valence-corrected chi connectivity index (χ0v) is 11.7. The van der Waals surface area contributed by atoms with Crippen LogP contribution in [0, 0.1) is 0 Å². The van der Waals surface area contributed by atoms with Gasteiger partial charge in [-0.1, -0.05) is 18.0 Å². The van der Waals surface area contributed by atoms with Crippen LogP contribution in [0.25, 0.3) is 0 Å². The molecule has 1 N–H and O–H groups in total. The summed E-state index contributed by atoms with van der Waals surface area (Å²) in [4.78, 5) is 4.59. The standard InChI is InChI=1S/C13H21N3OS/c1-9(14-11-6-7-18-8-11)13-15-12(16-17-13)10-4-2-3-5-10/h9-11,14H,2-8H2,1H3/t9-,11+/m0/s1. The lowest BCUT2D eigenvalue weighted by Gasteiger charge is -2.14. The lowest BCUT2D eigenvalue weighted by atomic mass is 10.1. The van der Waals surface area contributed by atoms with Crippen molar-refractivity contribution in [3.8, 4) is 0 Å². The van der Waals surface area contributed by atoms with Crippen molar-refractivity contribution in [1.82, 2.24) is 15.5 Å². The van der Waals surface area contributed by atoms with E-state index in [1.54, 1.807) is 0 Å². The fraction of sp³-hybridized carbons (Fsp3) is 0.846. The summed E-state index contributed by atoms with van der Waals surface area (Å²) < 4.78 is 5.42. The molecule has 1 aliphatic heterocycles. The van der Waals surface area contributed by atoms with E-state index in [1.165, 1.54) is 43.6 Å². The lowest BCUT2D eigenvalue weighted by Crippen LogP contribution is -2.31. The highest BCUT2D eigenvalue weighted by Gasteiger charge is 2.25. The Labute approximate surface area is 112 Å². The zero-order chi connectivity index (χ0) is 12.4. The van der Waals surface area contributed by atoms with Crippen LogP contribution in [0.4, 0.5) is 0 Å². The molecule has 2 atom stereocenters. The Morgan fingerprint density at radius 2 is 2.17 bits per heavy atom. The van der Waals surface area contributed by atoms with E-state index < -0.39 is 0 Å². The summed E-state index contributed by atoms with van der Waals surface area (Å²) in [6.45, 7) is 2.12. The van der Waals surface area contributed by atoms with E-state index >= 15 is 0 Å². The molecule has 3 rings (SSSR count). The van der Waals surface area contributed by atoms with Crippen LogP contribution in [0.5, 0.6) is 0 Å². The Morgan fingerprint density at radius 1 is 1.33 bits per heavy atom. The van der Waals surface area contributed by atoms with E-state index in [1.807, 2.05) is 11.8 Å². The van der Waals surface area contributed by atoms with E-state index in [2.05, 4.69) is 22.4 Å². The Morgan fingerprint density at radius 3 is 2.89 bits per heavy atom. The second-order valence-electron chi connectivity index (χ2n) is 5.42. The number of nitrogens with zero attached hydrogens (tertiary/aromatic N) is 2. The van der Waals surface area contributed by atoms with Crippen LogP contribution in [0.3, 0.4) is 0 Å². The number of hydrogen-bond acceptors (Lipinski definition) is 5. The van der Waals surface area contributed by atoms with Crippen molar-refractivity contribution in [1.29, 1.82) is 0 Å². The van der Waals surface area contributed by atoms with Gasteiger partial charge in [-0.15, -0.1) is 0 Å². The molecule has 0 aromatic carbocycles. The van der Waals surface area contributed by atoms with Crippen LogP contribution in [0.15, 0.2) is 4.52 Å². The average molecular weight is 267 g/mol. The van der Waals surface area contributed by atoms with Crippen LogP contribution in [0.1, 0.15) is 62.7 Å². The van der Waals surface area contributed by atoms with Gasteiger partial charge in [-0.05, 0) is 31.9 Å². The van der Waals surface area contributed by atoms with Crippen molar-refractivity contribution < 1.29 is 4.52 Å². The number of thioether (sulfide) groups is 1. The first kappa shape index (κ1) is 12.5. The SMILES string of the molecule is C[C@H](N[C@@H]1CCSC1)c1nc(C2CCCC2)no1. The normalized spacial score (nSPS) is 26.8. The molecule has 1 aromatic rings. The van der Waals surface area contributed by atoms with E-state index in [-0.39, 0.29) is 6.04 Å². The van der Waals surface area contributed by atoms with E-state index in [0.29, 0.717) is 12.0 Å². The van der Waals surface area contributed by atoms with Gasteiger partial charge in [-0.25, -0.2) is 0 Å². The van der Waals surface area contributed by atoms with Gasteiger partial charge in [0, 0.05) is 17.7 Å². The molecular weight excluding hydrogens is 246 g/mol. The van der Waals surface area contributed by atoms with Crippen LogP contribution >= 0.6 is 11.8 Å². The van der Waals surface area contributed by atoms with Crippen molar-refractivity contribution in [2.75, 3.05) is 11.5 Å². The van der Waals surface area contributed by atoms with Gasteiger partial charge in [-0.3, -0.25) is 0 Å². The molecule has 4 nitrogen and oxygen atoms in total. The molecule has 1 saturated heterocycles. The molecule has 1 aliphatic carbocycles. The van der Waals surface area contributed by atoms with Crippen LogP contribution in [-0.2, 0) is 0 Å². The monoisotopic (exact) mass is 267 g/mol. The van der Waals surface area contributed by atoms with Gasteiger partial charge in [0.2, 0.25) is 5.89 Å². The number of aromatic nitrogens is 2. The lowest BCUT2D eigenvalue weighted by molar-refractivity contribution is 0.323. The molecule has 0 amide bonds. The smallest absolute Gasteiger partial charge is 0.243 e. The molecule has 100 valence electrons. The first-order chi connectivity index (χ1) is 8.83. The van der Waals surface area contributed by atoms with Crippen molar-refractivity contribution in [3.63, 3.8) is 0 Å². The Hall–Kier alpha value is -0.550. The molecule has 0 radical (unpaired) electrons. The fourth-order valence-corrected chi connectivity index (χ4v) is 4.03. The second kappa shape index (κ2) is 5.61. The van der Waals surface area contributed by atoms with Gasteiger partial charge in [0.1, 0.15) is 0 Å². The summed E-state index contributed by atoms with van der Waals surface area (Å²) in [6, 6.07) is 0.781. The Kier molecular flexibility index (Phi) is 3.89. The first-order valence-corrected chi connectivity index (χ1v) is 8.15. The molecule has 1 aromatic heterocycles. The largest absolute Gasteiger partial charge is 0.338 e. The van der Waals surface area contributed by atoms with Crippen molar-refractivity contribution >= 4 is 11.8 Å². The van der Waals surface area contributed by atoms with Gasteiger partial charge in [0.15, 0.2) is 5.82 Å². The average Bonchev–Trinajstić information content (AvgIpc) is 3.11. The van der Waals surface area contributed by atoms with Crippen molar-refractivity contribution in [3.05, 3.63) is 11.7 Å². The van der Waals surface area contributed by atoms with Gasteiger partial charge in [-0.2, -0.15) is 16.7 Å². The molecule has 0 bridgehead atoms. The van der Waals surface area contributed by atoms with Gasteiger partial charge in [0.25, 0.3) is 0 Å². The van der Waals surface area contributed by atoms with E-state index in [0.717, 1.165) is 11.7 Å². The zero-order valence-electron chi connectivity index (χ0n) is 10.9. The molecule has 18 heavy (non-hydrogen) atoms. The minimum Gasteiger partial charge on any atom is -0.338 e. The van der Waals surface area contributed by atoms with Crippen molar-refractivity contribution in [2.45, 2.75) is 57.0 Å². The summed E-state index contributed by atoms with van der Waals surface area (Å²) in [7, 11) is 0. The maximum absolute atomic E-state index is 5.42. The molecule has 0 unspecified atom stereocenters. The van der Waals surface area contributed by atoms with Crippen LogP contribution in [-0.4, -0.2) is 27.7 Å². The van der Waals surface area contributed by atoms with Crippen LogP contribution < -0.4 is 5.32 Å². The minimum atomic E-state index is 0.177. The highest BCUT2D eigenvalue weighted by atomic mass is 32.2. The third-order valence-corrected chi connectivity index (χ3v) is 5.13. The number of rotatable bonds is 4. The summed E-state index contributed by atoms with van der Waals surface area (Å²) >= 11 is 2.02. The quantitative estimate of drug-likeness (QED) is 0.909. The van der Waals surface area contributed by atoms with Gasteiger partial charge in [0.05, 0.1) is 6.04 Å². The maximum Gasteiger partial charge on any atom is 0.243 e. The molecule has 2 heterocycles. The first-order valence-electron chi connectivity index (χ1n) is 7.00. The Balaban J connectivity index is 1.60. The molecule has 1 saturated carbocycles. The predicted octanol–water partition coefficient (Wildman–Crippen LogP) is 2.88. The topological polar surface area (TPSA) is 51.0 Å². The van der Waals surface area contributed by atoms with E-state index in [4.69, 9.17) is 4.52 Å². The maximum atomic E-state index is 5.42. The minimum absolute atomic E-state index is 0.177. The summed E-state index contributed by atoms with van der Waals surface area (Å²) in [5.74, 6) is 4.69. The molecule has 2 aliphatic rings. The Bertz CT molecular complexity index is 383. The highest BCUT2D eigenvalue weighted by Crippen LogP contribution is 2.32. The van der Waals surface area contributed by atoms with Gasteiger partial charge >= 0.3 is 0 Å². The number of hydrogen-bond donors (Lipinski definition) is 1. The highest BCUT2D eigenvalue weighted by molar-refractivity contribution is 7.99. The molecule has 2 fully saturated rings. The third kappa shape index (κ3) is 2.72. The summed E-state index contributed by atoms with van der Waals surface area (Å²) in [5.41, 5.74) is 0. The summed E-state index contributed by atoms with van der Waals surface area (Å²) in [5, 5.41) is 7.74. The molecule has 5 heteroatoms. The third-order valence-electron chi connectivity index (χ3n) is 3.96. The second-order valence-corrected chi connectivity index (χ2v) is 6.57. The summed E-state index contributed by atoms with van der Waals surface area (Å²) in [6.07, 6.45) is 6.31. The van der Waals surface area contributed by atoms with E-state index in [9.17, 15) is 0 Å². The van der Waals surface area contributed by atoms with Crippen LogP contribution in [0.2, 0.25) is 0 Å². The molecular formula is C13H21N3OS. The number of nitrogens with one attached hydrogen (secondary N) is 1.